The Morgan fingerprint density at radius 1 is 1.07 bits per heavy atom. The maximum atomic E-state index is 13.0. The number of nitrogens with zero attached hydrogens (tertiary/aromatic N) is 4. The van der Waals surface area contributed by atoms with E-state index in [1.165, 1.54) is 11.8 Å². The number of Topliss-reactive ketones (excluding diaryl/α,β-unsaturated/α-hetero) is 1. The zero-order valence-corrected chi connectivity index (χ0v) is 16.8. The van der Waals surface area contributed by atoms with E-state index in [0.717, 1.165) is 5.52 Å². The topological polar surface area (TPSA) is 78.5 Å². The third kappa shape index (κ3) is 3.81. The van der Waals surface area contributed by atoms with Crippen LogP contribution in [0.1, 0.15) is 16.8 Å². The second-order valence-corrected chi connectivity index (χ2v) is 7.46. The van der Waals surface area contributed by atoms with Gasteiger partial charge in [0.15, 0.2) is 10.9 Å². The number of methoxy groups -OCH3 is 1. The van der Waals surface area contributed by atoms with Crippen LogP contribution in [0.25, 0.3) is 16.7 Å². The van der Waals surface area contributed by atoms with Gasteiger partial charge in [-0.05, 0) is 18.6 Å². The van der Waals surface area contributed by atoms with Crippen molar-refractivity contribution >= 4 is 34.2 Å². The lowest BCUT2D eigenvalue weighted by atomic mass is 10.2. The minimum atomic E-state index is -0.103. The Balaban J connectivity index is 1.74. The molecule has 8 heteroatoms. The molecule has 2 aromatic heterocycles. The van der Waals surface area contributed by atoms with Crippen LogP contribution in [0.5, 0.6) is 0 Å². The third-order valence-electron chi connectivity index (χ3n) is 4.64. The number of para-hydroxylation sites is 1. The highest BCUT2D eigenvalue weighted by molar-refractivity contribution is 7.99. The highest BCUT2D eigenvalue weighted by atomic mass is 32.2. The summed E-state index contributed by atoms with van der Waals surface area (Å²) in [6.45, 7) is 1.03. The number of aromatic nitrogens is 4. The maximum absolute atomic E-state index is 13.0. The molecular formula is C21H20N4O3S. The summed E-state index contributed by atoms with van der Waals surface area (Å²) in [5, 5.41) is 9.71. The number of thioether (sulfide) groups is 1. The van der Waals surface area contributed by atoms with Crippen LogP contribution in [0.15, 0.2) is 64.5 Å². The van der Waals surface area contributed by atoms with E-state index in [-0.39, 0.29) is 17.1 Å². The first-order chi connectivity index (χ1) is 14.2. The Labute approximate surface area is 171 Å². The molecule has 0 bridgehead atoms. The van der Waals surface area contributed by atoms with Crippen molar-refractivity contribution < 1.29 is 9.53 Å². The average Bonchev–Trinajstić information content (AvgIpc) is 3.19. The molecule has 0 unspecified atom stereocenters. The van der Waals surface area contributed by atoms with Crippen LogP contribution in [0.4, 0.5) is 0 Å². The Hall–Kier alpha value is -2.97. The van der Waals surface area contributed by atoms with Gasteiger partial charge >= 0.3 is 0 Å². The quantitative estimate of drug-likeness (QED) is 0.253. The number of aryl methyl sites for hydroxylation is 1. The summed E-state index contributed by atoms with van der Waals surface area (Å²) in [7, 11) is 1.63. The molecule has 2 heterocycles. The van der Waals surface area contributed by atoms with Crippen LogP contribution in [0.2, 0.25) is 0 Å². The van der Waals surface area contributed by atoms with Gasteiger partial charge in [0.05, 0.1) is 16.7 Å². The van der Waals surface area contributed by atoms with Crippen LogP contribution in [-0.2, 0) is 11.3 Å². The fourth-order valence-electron chi connectivity index (χ4n) is 3.23. The first-order valence-corrected chi connectivity index (χ1v) is 10.3. The van der Waals surface area contributed by atoms with Crippen LogP contribution in [0.3, 0.4) is 0 Å². The Morgan fingerprint density at radius 2 is 1.83 bits per heavy atom. The molecule has 0 N–H and O–H groups in total. The van der Waals surface area contributed by atoms with Crippen molar-refractivity contribution in [2.75, 3.05) is 19.5 Å². The first-order valence-electron chi connectivity index (χ1n) is 9.27. The van der Waals surface area contributed by atoms with Crippen LogP contribution < -0.4 is 5.56 Å². The van der Waals surface area contributed by atoms with Gasteiger partial charge in [-0.25, -0.2) is 0 Å². The van der Waals surface area contributed by atoms with E-state index in [4.69, 9.17) is 4.74 Å². The minimum absolute atomic E-state index is 0.0186. The molecule has 0 atom stereocenters. The second-order valence-electron chi connectivity index (χ2n) is 6.52. The molecule has 0 aliphatic carbocycles. The molecule has 29 heavy (non-hydrogen) atoms. The highest BCUT2D eigenvalue weighted by Crippen LogP contribution is 2.22. The van der Waals surface area contributed by atoms with Gasteiger partial charge in [0.2, 0.25) is 5.78 Å². The SMILES string of the molecule is COCCCn1c(=O)c2ccccc2n2c(SCC(=O)c3ccccc3)nnc12. The normalized spacial score (nSPS) is 11.3. The predicted octanol–water partition coefficient (Wildman–Crippen LogP) is 3.06. The lowest BCUT2D eigenvalue weighted by molar-refractivity contribution is 0.102. The lowest BCUT2D eigenvalue weighted by Gasteiger charge is -2.11. The fraction of sp³-hybridized carbons (Fsp3) is 0.238. The van der Waals surface area contributed by atoms with Gasteiger partial charge in [-0.2, -0.15) is 0 Å². The summed E-state index contributed by atoms with van der Waals surface area (Å²) in [6, 6.07) is 16.5. The number of rotatable bonds is 8. The van der Waals surface area contributed by atoms with Crippen LogP contribution >= 0.6 is 11.8 Å². The molecule has 0 spiro atoms. The van der Waals surface area contributed by atoms with Crippen molar-refractivity contribution in [3.8, 4) is 0 Å². The highest BCUT2D eigenvalue weighted by Gasteiger charge is 2.17. The second kappa shape index (κ2) is 8.59. The number of hydrogen-bond acceptors (Lipinski definition) is 6. The molecule has 0 radical (unpaired) electrons. The molecule has 4 rings (SSSR count). The predicted molar refractivity (Wildman–Crippen MR) is 113 cm³/mol. The Morgan fingerprint density at radius 3 is 2.62 bits per heavy atom. The van der Waals surface area contributed by atoms with E-state index in [9.17, 15) is 9.59 Å². The van der Waals surface area contributed by atoms with E-state index >= 15 is 0 Å². The monoisotopic (exact) mass is 408 g/mol. The summed E-state index contributed by atoms with van der Waals surface area (Å²) in [6.07, 6.45) is 0.687. The van der Waals surface area contributed by atoms with Crippen molar-refractivity contribution in [2.24, 2.45) is 0 Å². The van der Waals surface area contributed by atoms with E-state index in [1.54, 1.807) is 29.9 Å². The summed E-state index contributed by atoms with van der Waals surface area (Å²) < 4.78 is 8.59. The van der Waals surface area contributed by atoms with Gasteiger partial charge in [0.1, 0.15) is 0 Å². The summed E-state index contributed by atoms with van der Waals surface area (Å²) in [5.74, 6) is 0.728. The van der Waals surface area contributed by atoms with Gasteiger partial charge in [0.25, 0.3) is 5.56 Å². The Bertz CT molecular complexity index is 1220. The van der Waals surface area contributed by atoms with Crippen molar-refractivity contribution in [1.29, 1.82) is 0 Å². The molecular weight excluding hydrogens is 388 g/mol. The molecule has 0 aliphatic rings. The number of fused-ring (bicyclic) bond motifs is 3. The molecule has 148 valence electrons. The number of carbonyl (C=O) groups is 1. The number of carbonyl (C=O) groups excluding carboxylic acids is 1. The molecule has 0 amide bonds. The van der Waals surface area contributed by atoms with Crippen molar-refractivity contribution in [3.05, 3.63) is 70.5 Å². The van der Waals surface area contributed by atoms with Gasteiger partial charge in [0, 0.05) is 25.8 Å². The molecule has 0 fully saturated rings. The van der Waals surface area contributed by atoms with Crippen molar-refractivity contribution in [1.82, 2.24) is 19.2 Å². The van der Waals surface area contributed by atoms with Gasteiger partial charge in [-0.15, -0.1) is 10.2 Å². The third-order valence-corrected chi connectivity index (χ3v) is 5.57. The molecule has 4 aromatic rings. The largest absolute Gasteiger partial charge is 0.385 e. The average molecular weight is 408 g/mol. The van der Waals surface area contributed by atoms with Crippen molar-refractivity contribution in [3.63, 3.8) is 0 Å². The van der Waals surface area contributed by atoms with E-state index in [2.05, 4.69) is 10.2 Å². The first kappa shape index (κ1) is 19.4. The number of hydrogen-bond donors (Lipinski definition) is 0. The Kier molecular flexibility index (Phi) is 5.73. The van der Waals surface area contributed by atoms with E-state index < -0.39 is 0 Å². The molecule has 7 nitrogen and oxygen atoms in total. The maximum Gasteiger partial charge on any atom is 0.262 e. The van der Waals surface area contributed by atoms with Gasteiger partial charge in [-0.3, -0.25) is 18.6 Å². The van der Waals surface area contributed by atoms with Crippen LogP contribution in [-0.4, -0.2) is 44.4 Å². The summed E-state index contributed by atoms with van der Waals surface area (Å²) in [5.41, 5.74) is 1.29. The van der Waals surface area contributed by atoms with E-state index in [0.29, 0.717) is 41.5 Å². The molecule has 0 saturated heterocycles. The lowest BCUT2D eigenvalue weighted by Crippen LogP contribution is -2.24. The van der Waals surface area contributed by atoms with Crippen LogP contribution in [0, 0.1) is 0 Å². The number of ketones is 1. The zero-order valence-electron chi connectivity index (χ0n) is 15.9. The smallest absolute Gasteiger partial charge is 0.262 e. The standard InChI is InChI=1S/C21H20N4O3S/c1-28-13-7-12-24-19(27)16-10-5-6-11-17(16)25-20(24)22-23-21(25)29-14-18(26)15-8-3-2-4-9-15/h2-6,8-11H,7,12-14H2,1H3. The fourth-order valence-corrected chi connectivity index (χ4v) is 4.07. The summed E-state index contributed by atoms with van der Waals surface area (Å²) >= 11 is 1.32. The zero-order chi connectivity index (χ0) is 20.2. The van der Waals surface area contributed by atoms with Gasteiger partial charge < -0.3 is 4.74 Å². The molecule has 0 aliphatic heterocycles. The number of ether oxygens (including phenoxy) is 1. The minimum Gasteiger partial charge on any atom is -0.385 e. The van der Waals surface area contributed by atoms with E-state index in [1.807, 2.05) is 40.8 Å². The number of benzene rings is 2. The molecule has 0 saturated carbocycles. The molecule has 2 aromatic carbocycles. The van der Waals surface area contributed by atoms with Crippen molar-refractivity contribution in [2.45, 2.75) is 18.1 Å². The van der Waals surface area contributed by atoms with Gasteiger partial charge in [-0.1, -0.05) is 54.2 Å². The summed E-state index contributed by atoms with van der Waals surface area (Å²) in [4.78, 5) is 25.5.